The Morgan fingerprint density at radius 1 is 1.47 bits per heavy atom. The van der Waals surface area contributed by atoms with Gasteiger partial charge in [-0.2, -0.15) is 0 Å². The molecule has 0 amide bonds. The number of hydrogen-bond acceptors (Lipinski definition) is 5. The van der Waals surface area contributed by atoms with Gasteiger partial charge in [0.2, 0.25) is 0 Å². The zero-order chi connectivity index (χ0) is 14.2. The van der Waals surface area contributed by atoms with Crippen molar-refractivity contribution >= 4 is 43.8 Å². The van der Waals surface area contributed by atoms with Gasteiger partial charge in [-0.05, 0) is 29.0 Å². The molecule has 1 saturated heterocycles. The van der Waals surface area contributed by atoms with Crippen LogP contribution in [0.4, 0.5) is 15.8 Å². The first-order chi connectivity index (χ1) is 8.78. The highest BCUT2D eigenvalue weighted by Crippen LogP contribution is 2.30. The number of nitrogens with zero attached hydrogens (tertiary/aromatic N) is 1. The summed E-state index contributed by atoms with van der Waals surface area (Å²) >= 11 is 1.67. The molecule has 1 fully saturated rings. The Labute approximate surface area is 122 Å². The van der Waals surface area contributed by atoms with E-state index in [1.165, 1.54) is 0 Å². The van der Waals surface area contributed by atoms with E-state index in [4.69, 9.17) is 0 Å². The van der Waals surface area contributed by atoms with Gasteiger partial charge in [-0.3, -0.25) is 10.1 Å². The van der Waals surface area contributed by atoms with Crippen LogP contribution in [0.2, 0.25) is 0 Å². The Morgan fingerprint density at radius 2 is 2.16 bits per heavy atom. The minimum absolute atomic E-state index is 0.0185. The number of nitro benzene ring substituents is 1. The van der Waals surface area contributed by atoms with E-state index in [-0.39, 0.29) is 26.5 Å². The van der Waals surface area contributed by atoms with Gasteiger partial charge in [0.1, 0.15) is 11.5 Å². The molecule has 1 heterocycles. The molecule has 0 aromatic heterocycles. The molecule has 0 saturated carbocycles. The highest BCUT2D eigenvalue weighted by molar-refractivity contribution is 14.1. The number of benzene rings is 1. The third-order valence-electron chi connectivity index (χ3n) is 2.83. The SMILES string of the molecule is O=[N+]([O-])c1cc(I)c(F)cc1NC1CCS(=O)(=O)C1. The highest BCUT2D eigenvalue weighted by atomic mass is 127. The molecular formula is C10H10FIN2O4S. The number of anilines is 1. The Kier molecular flexibility index (Phi) is 3.95. The topological polar surface area (TPSA) is 89.3 Å². The number of rotatable bonds is 3. The van der Waals surface area contributed by atoms with Crippen molar-refractivity contribution < 1.29 is 17.7 Å². The third kappa shape index (κ3) is 3.32. The van der Waals surface area contributed by atoms with Crippen LogP contribution in [0.25, 0.3) is 0 Å². The molecule has 1 unspecified atom stereocenters. The van der Waals surface area contributed by atoms with Crippen molar-refractivity contribution in [1.29, 1.82) is 0 Å². The van der Waals surface area contributed by atoms with Crippen LogP contribution in [0.5, 0.6) is 0 Å². The van der Waals surface area contributed by atoms with Gasteiger partial charge < -0.3 is 5.32 Å². The van der Waals surface area contributed by atoms with Crippen LogP contribution in [0.1, 0.15) is 6.42 Å². The van der Waals surface area contributed by atoms with Gasteiger partial charge in [0.05, 0.1) is 20.0 Å². The summed E-state index contributed by atoms with van der Waals surface area (Å²) in [5.74, 6) is -0.613. The van der Waals surface area contributed by atoms with Gasteiger partial charge in [-0.1, -0.05) is 0 Å². The maximum absolute atomic E-state index is 13.5. The Bertz CT molecular complexity index is 635. The molecule has 1 aliphatic heterocycles. The number of sulfone groups is 1. The fourth-order valence-corrected chi connectivity index (χ4v) is 4.06. The smallest absolute Gasteiger partial charge is 0.293 e. The lowest BCUT2D eigenvalue weighted by molar-refractivity contribution is -0.384. The lowest BCUT2D eigenvalue weighted by atomic mass is 10.2. The van der Waals surface area contributed by atoms with E-state index in [1.807, 2.05) is 0 Å². The maximum Gasteiger partial charge on any atom is 0.293 e. The van der Waals surface area contributed by atoms with Gasteiger partial charge in [-0.15, -0.1) is 0 Å². The van der Waals surface area contributed by atoms with Crippen molar-refractivity contribution in [2.24, 2.45) is 0 Å². The molecule has 0 bridgehead atoms. The second-order valence-corrected chi connectivity index (χ2v) is 7.68. The van der Waals surface area contributed by atoms with E-state index in [0.29, 0.717) is 6.42 Å². The van der Waals surface area contributed by atoms with E-state index in [1.54, 1.807) is 22.6 Å². The fraction of sp³-hybridized carbons (Fsp3) is 0.400. The summed E-state index contributed by atoms with van der Waals surface area (Å²) in [6, 6.07) is 1.75. The van der Waals surface area contributed by atoms with Gasteiger partial charge in [0.15, 0.2) is 9.84 Å². The zero-order valence-corrected chi connectivity index (χ0v) is 12.6. The third-order valence-corrected chi connectivity index (χ3v) is 5.42. The minimum Gasteiger partial charge on any atom is -0.376 e. The first kappa shape index (κ1) is 14.4. The lowest BCUT2D eigenvalue weighted by Gasteiger charge is -2.13. The highest BCUT2D eigenvalue weighted by Gasteiger charge is 2.29. The van der Waals surface area contributed by atoms with Gasteiger partial charge >= 0.3 is 0 Å². The molecule has 6 nitrogen and oxygen atoms in total. The molecule has 19 heavy (non-hydrogen) atoms. The number of nitro groups is 1. The van der Waals surface area contributed by atoms with Crippen LogP contribution in [-0.4, -0.2) is 30.9 Å². The molecular weight excluding hydrogens is 390 g/mol. The summed E-state index contributed by atoms with van der Waals surface area (Å²) in [4.78, 5) is 10.3. The average molecular weight is 400 g/mol. The van der Waals surface area contributed by atoms with Crippen molar-refractivity contribution in [3.05, 3.63) is 31.6 Å². The number of hydrogen-bond donors (Lipinski definition) is 1. The molecule has 9 heteroatoms. The maximum atomic E-state index is 13.5. The monoisotopic (exact) mass is 400 g/mol. The van der Waals surface area contributed by atoms with Crippen LogP contribution < -0.4 is 5.32 Å². The van der Waals surface area contributed by atoms with Crippen LogP contribution >= 0.6 is 22.6 Å². The molecule has 0 spiro atoms. The second kappa shape index (κ2) is 5.19. The van der Waals surface area contributed by atoms with Crippen LogP contribution in [0, 0.1) is 19.5 Å². The molecule has 1 aromatic rings. The lowest BCUT2D eigenvalue weighted by Crippen LogP contribution is -2.21. The van der Waals surface area contributed by atoms with Crippen molar-refractivity contribution in [2.45, 2.75) is 12.5 Å². The molecule has 104 valence electrons. The first-order valence-electron chi connectivity index (χ1n) is 5.39. The largest absolute Gasteiger partial charge is 0.376 e. The molecule has 1 aliphatic rings. The van der Waals surface area contributed by atoms with Gasteiger partial charge in [0.25, 0.3) is 5.69 Å². The fourth-order valence-electron chi connectivity index (χ4n) is 1.93. The first-order valence-corrected chi connectivity index (χ1v) is 8.29. The van der Waals surface area contributed by atoms with Gasteiger partial charge in [0, 0.05) is 18.2 Å². The molecule has 2 rings (SSSR count). The van der Waals surface area contributed by atoms with Crippen LogP contribution in [0.3, 0.4) is 0 Å². The normalized spacial score (nSPS) is 21.3. The number of nitrogens with one attached hydrogen (secondary N) is 1. The number of halogens is 2. The summed E-state index contributed by atoms with van der Waals surface area (Å²) in [6.45, 7) is 0. The van der Waals surface area contributed by atoms with E-state index in [2.05, 4.69) is 5.32 Å². The predicted molar refractivity (Wildman–Crippen MR) is 76.5 cm³/mol. The Hall–Kier alpha value is -0.970. The second-order valence-electron chi connectivity index (χ2n) is 4.28. The average Bonchev–Trinajstić information content (AvgIpc) is 2.62. The summed E-state index contributed by atoms with van der Waals surface area (Å²) in [5.41, 5.74) is -0.236. The van der Waals surface area contributed by atoms with Crippen molar-refractivity contribution in [3.63, 3.8) is 0 Å². The summed E-state index contributed by atoms with van der Waals surface area (Å²) in [5, 5.41) is 13.7. The van der Waals surface area contributed by atoms with Crippen molar-refractivity contribution in [2.75, 3.05) is 16.8 Å². The molecule has 1 N–H and O–H groups in total. The van der Waals surface area contributed by atoms with Crippen LogP contribution in [0.15, 0.2) is 12.1 Å². The van der Waals surface area contributed by atoms with Gasteiger partial charge in [-0.25, -0.2) is 12.8 Å². The van der Waals surface area contributed by atoms with Crippen molar-refractivity contribution in [1.82, 2.24) is 0 Å². The molecule has 0 aliphatic carbocycles. The van der Waals surface area contributed by atoms with E-state index in [0.717, 1.165) is 12.1 Å². The quantitative estimate of drug-likeness (QED) is 0.476. The summed E-state index contributed by atoms with van der Waals surface area (Å²) < 4.78 is 36.3. The Morgan fingerprint density at radius 3 is 2.68 bits per heavy atom. The molecule has 1 atom stereocenters. The summed E-state index contributed by atoms with van der Waals surface area (Å²) in [6.07, 6.45) is 0.368. The van der Waals surface area contributed by atoms with E-state index < -0.39 is 26.6 Å². The Balaban J connectivity index is 2.29. The standard InChI is InChI=1S/C10H10FIN2O4S/c11-7-3-9(10(14(15)16)4-8(7)12)13-6-1-2-19(17,18)5-6/h3-4,6,13H,1-2,5H2. The zero-order valence-electron chi connectivity index (χ0n) is 9.60. The minimum atomic E-state index is -3.09. The van der Waals surface area contributed by atoms with Crippen LogP contribution in [-0.2, 0) is 9.84 Å². The summed E-state index contributed by atoms with van der Waals surface area (Å²) in [7, 11) is -3.09. The van der Waals surface area contributed by atoms with E-state index >= 15 is 0 Å². The van der Waals surface area contributed by atoms with E-state index in [9.17, 15) is 22.9 Å². The molecule has 1 aromatic carbocycles. The van der Waals surface area contributed by atoms with Crippen molar-refractivity contribution in [3.8, 4) is 0 Å². The predicted octanol–water partition coefficient (Wildman–Crippen LogP) is 1.94. The molecule has 0 radical (unpaired) electrons.